The average Bonchev–Trinajstić information content (AvgIpc) is 3.57. The van der Waals surface area contributed by atoms with Crippen LogP contribution in [0.25, 0.3) is 16.7 Å². The van der Waals surface area contributed by atoms with Gasteiger partial charge in [0.1, 0.15) is 11.5 Å². The summed E-state index contributed by atoms with van der Waals surface area (Å²) in [6, 6.07) is 12.6. The van der Waals surface area contributed by atoms with Crippen molar-refractivity contribution in [1.29, 1.82) is 0 Å². The molecule has 6 nitrogen and oxygen atoms in total. The van der Waals surface area contributed by atoms with Crippen molar-refractivity contribution in [3.05, 3.63) is 70.9 Å². The van der Waals surface area contributed by atoms with Gasteiger partial charge in [-0.25, -0.2) is 0 Å². The largest absolute Gasteiger partial charge is 0.507 e. The number of aliphatic hydroxyl groups is 1. The highest BCUT2D eigenvalue weighted by molar-refractivity contribution is 6.46. The van der Waals surface area contributed by atoms with Crippen molar-refractivity contribution in [2.75, 3.05) is 7.11 Å². The monoisotopic (exact) mass is 458 g/mol. The lowest BCUT2D eigenvalue weighted by Gasteiger charge is -2.30. The number of benzene rings is 2. The Labute approximate surface area is 199 Å². The van der Waals surface area contributed by atoms with E-state index in [4.69, 9.17) is 4.74 Å². The molecule has 2 fully saturated rings. The quantitative estimate of drug-likeness (QED) is 0.293. The smallest absolute Gasteiger partial charge is 0.295 e. The van der Waals surface area contributed by atoms with Crippen molar-refractivity contribution in [3.8, 4) is 5.75 Å². The van der Waals surface area contributed by atoms with E-state index in [-0.39, 0.29) is 23.3 Å². The van der Waals surface area contributed by atoms with Gasteiger partial charge >= 0.3 is 0 Å². The second kappa shape index (κ2) is 8.67. The molecule has 0 spiro atoms. The van der Waals surface area contributed by atoms with E-state index in [0.717, 1.165) is 53.5 Å². The first kappa shape index (κ1) is 22.3. The van der Waals surface area contributed by atoms with Crippen LogP contribution in [0.4, 0.5) is 0 Å². The molecule has 2 N–H and O–H groups in total. The van der Waals surface area contributed by atoms with Gasteiger partial charge in [-0.1, -0.05) is 44.9 Å². The number of nitrogens with one attached hydrogen (secondary N) is 1. The Morgan fingerprint density at radius 1 is 1.12 bits per heavy atom. The molecular formula is C28H30N2O4. The van der Waals surface area contributed by atoms with E-state index in [9.17, 15) is 14.7 Å². The summed E-state index contributed by atoms with van der Waals surface area (Å²) >= 11 is 0. The number of fused-ring (bicyclic) bond motifs is 1. The maximum absolute atomic E-state index is 13.4. The fraction of sp³-hybridized carbons (Fsp3) is 0.357. The fourth-order valence-electron chi connectivity index (χ4n) is 5.52. The minimum atomic E-state index is -0.635. The van der Waals surface area contributed by atoms with E-state index < -0.39 is 17.7 Å². The van der Waals surface area contributed by atoms with Gasteiger partial charge in [0.05, 0.1) is 18.7 Å². The molecule has 176 valence electrons. The third-order valence-electron chi connectivity index (χ3n) is 7.24. The molecule has 34 heavy (non-hydrogen) atoms. The summed E-state index contributed by atoms with van der Waals surface area (Å²) in [4.78, 5) is 31.8. The summed E-state index contributed by atoms with van der Waals surface area (Å²) in [7, 11) is 1.62. The Morgan fingerprint density at radius 2 is 1.85 bits per heavy atom. The lowest BCUT2D eigenvalue weighted by molar-refractivity contribution is -0.141. The molecule has 1 saturated carbocycles. The van der Waals surface area contributed by atoms with Crippen LogP contribution in [-0.4, -0.2) is 39.8 Å². The van der Waals surface area contributed by atoms with Gasteiger partial charge in [-0.3, -0.25) is 9.59 Å². The molecule has 1 unspecified atom stereocenters. The normalized spacial score (nSPS) is 20.7. The maximum atomic E-state index is 13.4. The van der Waals surface area contributed by atoms with Crippen LogP contribution < -0.4 is 4.74 Å². The van der Waals surface area contributed by atoms with Gasteiger partial charge in [-0.15, -0.1) is 0 Å². The van der Waals surface area contributed by atoms with Gasteiger partial charge in [0.25, 0.3) is 11.7 Å². The number of ketones is 1. The summed E-state index contributed by atoms with van der Waals surface area (Å²) < 4.78 is 5.49. The van der Waals surface area contributed by atoms with Crippen molar-refractivity contribution < 1.29 is 19.4 Å². The standard InChI is InChI=1S/C28H30N2O4/c1-16(2)20-14-17(12-13-23(20)34-3)26(31)24-25(21-15-29-22-11-7-6-10-19(21)22)30(28(33)27(24)32)18-8-4-5-9-18/h6-7,10-16,18,25,29,31H,4-5,8-9H2,1-3H3/b26-24+. The van der Waals surface area contributed by atoms with Crippen molar-refractivity contribution in [2.45, 2.75) is 57.5 Å². The number of ether oxygens (including phenoxy) is 1. The molecule has 6 heteroatoms. The second-order valence-electron chi connectivity index (χ2n) is 9.55. The van der Waals surface area contributed by atoms with Gasteiger partial charge < -0.3 is 19.7 Å². The first-order valence-electron chi connectivity index (χ1n) is 12.0. The predicted octanol–water partition coefficient (Wildman–Crippen LogP) is 5.66. The fourth-order valence-corrected chi connectivity index (χ4v) is 5.52. The zero-order chi connectivity index (χ0) is 24.0. The number of para-hydroxylation sites is 1. The molecule has 1 saturated heterocycles. The van der Waals surface area contributed by atoms with Crippen molar-refractivity contribution in [1.82, 2.24) is 9.88 Å². The number of hydrogen-bond acceptors (Lipinski definition) is 4. The number of hydrogen-bond donors (Lipinski definition) is 2. The molecule has 0 radical (unpaired) electrons. The number of Topliss-reactive ketones (excluding diaryl/α,β-unsaturated/α-hetero) is 1. The lowest BCUT2D eigenvalue weighted by atomic mass is 9.92. The molecule has 1 aliphatic heterocycles. The van der Waals surface area contributed by atoms with Gasteiger partial charge in [0.15, 0.2) is 0 Å². The van der Waals surface area contributed by atoms with Gasteiger partial charge in [0, 0.05) is 34.3 Å². The Bertz CT molecular complexity index is 1300. The Kier molecular flexibility index (Phi) is 5.68. The van der Waals surface area contributed by atoms with Crippen LogP contribution in [0.1, 0.15) is 68.2 Å². The highest BCUT2D eigenvalue weighted by atomic mass is 16.5. The van der Waals surface area contributed by atoms with E-state index in [2.05, 4.69) is 4.98 Å². The Morgan fingerprint density at radius 3 is 2.56 bits per heavy atom. The van der Waals surface area contributed by atoms with Crippen LogP contribution in [0.15, 0.2) is 54.2 Å². The molecule has 1 aliphatic carbocycles. The minimum absolute atomic E-state index is 0.0116. The summed E-state index contributed by atoms with van der Waals surface area (Å²) in [6.07, 6.45) is 5.66. The van der Waals surface area contributed by atoms with Crippen molar-refractivity contribution in [3.63, 3.8) is 0 Å². The number of aliphatic hydroxyl groups excluding tert-OH is 1. The molecular weight excluding hydrogens is 428 g/mol. The van der Waals surface area contributed by atoms with E-state index in [1.54, 1.807) is 24.1 Å². The molecule has 2 aliphatic rings. The molecule has 3 aromatic rings. The SMILES string of the molecule is COc1ccc(/C(O)=C2\C(=O)C(=O)N(C3CCCC3)C2c2c[nH]c3ccccc23)cc1C(C)C. The van der Waals surface area contributed by atoms with Gasteiger partial charge in [-0.2, -0.15) is 0 Å². The molecule has 1 amide bonds. The number of nitrogens with zero attached hydrogens (tertiary/aromatic N) is 1. The first-order chi connectivity index (χ1) is 16.4. The van der Waals surface area contributed by atoms with Crippen LogP contribution in [0.5, 0.6) is 5.75 Å². The third-order valence-corrected chi connectivity index (χ3v) is 7.24. The van der Waals surface area contributed by atoms with Crippen LogP contribution >= 0.6 is 0 Å². The molecule has 1 aromatic heterocycles. The number of aromatic amines is 1. The van der Waals surface area contributed by atoms with Crippen LogP contribution in [-0.2, 0) is 9.59 Å². The number of carbonyl (C=O) groups excluding carboxylic acids is 2. The summed E-state index contributed by atoms with van der Waals surface area (Å²) in [5, 5.41) is 12.5. The van der Waals surface area contributed by atoms with E-state index in [1.807, 2.05) is 50.4 Å². The summed E-state index contributed by atoms with van der Waals surface area (Å²) in [6.45, 7) is 4.10. The van der Waals surface area contributed by atoms with E-state index in [0.29, 0.717) is 5.56 Å². The topological polar surface area (TPSA) is 82.6 Å². The molecule has 5 rings (SSSR count). The van der Waals surface area contributed by atoms with Crippen LogP contribution in [0.2, 0.25) is 0 Å². The maximum Gasteiger partial charge on any atom is 0.295 e. The second-order valence-corrected chi connectivity index (χ2v) is 9.55. The minimum Gasteiger partial charge on any atom is -0.507 e. The van der Waals surface area contributed by atoms with Crippen molar-refractivity contribution >= 4 is 28.4 Å². The van der Waals surface area contributed by atoms with E-state index >= 15 is 0 Å². The highest BCUT2D eigenvalue weighted by Crippen LogP contribution is 2.45. The molecule has 0 bridgehead atoms. The molecule has 2 aromatic carbocycles. The molecule has 1 atom stereocenters. The predicted molar refractivity (Wildman–Crippen MR) is 132 cm³/mol. The molecule has 2 heterocycles. The summed E-state index contributed by atoms with van der Waals surface area (Å²) in [5.41, 5.74) is 3.36. The number of amides is 1. The number of H-pyrrole nitrogens is 1. The zero-order valence-corrected chi connectivity index (χ0v) is 19.8. The van der Waals surface area contributed by atoms with Crippen molar-refractivity contribution in [2.24, 2.45) is 0 Å². The first-order valence-corrected chi connectivity index (χ1v) is 12.0. The number of rotatable bonds is 5. The van der Waals surface area contributed by atoms with E-state index in [1.165, 1.54) is 0 Å². The Hall–Kier alpha value is -3.54. The van der Waals surface area contributed by atoms with Gasteiger partial charge in [-0.05, 0) is 48.6 Å². The number of methoxy groups -OCH3 is 1. The number of likely N-dealkylation sites (tertiary alicyclic amines) is 1. The summed E-state index contributed by atoms with van der Waals surface area (Å²) in [5.74, 6) is -0.402. The lowest BCUT2D eigenvalue weighted by Crippen LogP contribution is -2.37. The average molecular weight is 459 g/mol. The van der Waals surface area contributed by atoms with Crippen LogP contribution in [0, 0.1) is 0 Å². The zero-order valence-electron chi connectivity index (χ0n) is 19.8. The van der Waals surface area contributed by atoms with Crippen LogP contribution in [0.3, 0.4) is 0 Å². The third kappa shape index (κ3) is 3.49. The van der Waals surface area contributed by atoms with Gasteiger partial charge in [0.2, 0.25) is 0 Å². The highest BCUT2D eigenvalue weighted by Gasteiger charge is 2.49. The number of carbonyl (C=O) groups is 2. The number of aromatic nitrogens is 1. The Balaban J connectivity index is 1.72.